The first-order chi connectivity index (χ1) is 9.65. The van der Waals surface area contributed by atoms with Gasteiger partial charge in [-0.25, -0.2) is 4.39 Å². The Morgan fingerprint density at radius 2 is 2.00 bits per heavy atom. The van der Waals surface area contributed by atoms with Crippen LogP contribution >= 0.6 is 15.9 Å². The minimum atomic E-state index is -0.199. The lowest BCUT2D eigenvalue weighted by Crippen LogP contribution is -2.16. The number of rotatable bonds is 5. The fourth-order valence-electron chi connectivity index (χ4n) is 2.25. The van der Waals surface area contributed by atoms with E-state index < -0.39 is 0 Å². The molecule has 0 aliphatic carbocycles. The van der Waals surface area contributed by atoms with Gasteiger partial charge in [0.15, 0.2) is 0 Å². The van der Waals surface area contributed by atoms with E-state index in [4.69, 9.17) is 10.5 Å². The monoisotopic (exact) mass is 337 g/mol. The normalized spacial score (nSPS) is 12.2. The highest BCUT2D eigenvalue weighted by atomic mass is 79.9. The van der Waals surface area contributed by atoms with Gasteiger partial charge in [-0.05, 0) is 58.2 Å². The molecule has 2 rings (SSSR count). The molecule has 0 radical (unpaired) electrons. The van der Waals surface area contributed by atoms with Crippen LogP contribution in [0.5, 0.6) is 5.75 Å². The molecule has 4 heteroatoms. The van der Waals surface area contributed by atoms with Crippen LogP contribution in [-0.4, -0.2) is 13.7 Å². The van der Waals surface area contributed by atoms with E-state index in [1.165, 1.54) is 6.07 Å². The number of benzene rings is 2. The molecular formula is C16H17BrFNO. The summed E-state index contributed by atoms with van der Waals surface area (Å²) in [4.78, 5) is 0. The second-order valence-corrected chi connectivity index (χ2v) is 5.48. The van der Waals surface area contributed by atoms with Crippen LogP contribution in [0.1, 0.15) is 17.0 Å². The Kier molecular flexibility index (Phi) is 5.15. The van der Waals surface area contributed by atoms with Gasteiger partial charge in [-0.1, -0.05) is 24.3 Å². The van der Waals surface area contributed by atoms with Crippen LogP contribution in [0.2, 0.25) is 0 Å². The van der Waals surface area contributed by atoms with Crippen molar-refractivity contribution < 1.29 is 9.13 Å². The molecule has 2 N–H and O–H groups in total. The van der Waals surface area contributed by atoms with Gasteiger partial charge < -0.3 is 10.5 Å². The number of hydrogen-bond acceptors (Lipinski definition) is 2. The van der Waals surface area contributed by atoms with Crippen LogP contribution < -0.4 is 10.5 Å². The number of ether oxygens (including phenoxy) is 1. The predicted octanol–water partition coefficient (Wildman–Crippen LogP) is 3.88. The molecule has 0 fully saturated rings. The average molecular weight is 338 g/mol. The van der Waals surface area contributed by atoms with Crippen LogP contribution in [0.3, 0.4) is 0 Å². The molecule has 0 spiro atoms. The van der Waals surface area contributed by atoms with Gasteiger partial charge in [-0.3, -0.25) is 0 Å². The Hall–Kier alpha value is -1.39. The Labute approximate surface area is 126 Å². The van der Waals surface area contributed by atoms with Gasteiger partial charge in [0.2, 0.25) is 0 Å². The van der Waals surface area contributed by atoms with Gasteiger partial charge in [0, 0.05) is 5.92 Å². The van der Waals surface area contributed by atoms with Crippen LogP contribution in [0.25, 0.3) is 0 Å². The minimum Gasteiger partial charge on any atom is -0.496 e. The van der Waals surface area contributed by atoms with Gasteiger partial charge >= 0.3 is 0 Å². The summed E-state index contributed by atoms with van der Waals surface area (Å²) in [6.07, 6.45) is 0.694. The fourth-order valence-corrected chi connectivity index (χ4v) is 2.84. The fraction of sp³-hybridized carbons (Fsp3) is 0.250. The van der Waals surface area contributed by atoms with Crippen LogP contribution in [-0.2, 0) is 6.42 Å². The van der Waals surface area contributed by atoms with Crippen LogP contribution in [0.4, 0.5) is 4.39 Å². The summed E-state index contributed by atoms with van der Waals surface area (Å²) < 4.78 is 19.9. The van der Waals surface area contributed by atoms with E-state index in [2.05, 4.69) is 15.9 Å². The lowest BCUT2D eigenvalue weighted by atomic mass is 9.91. The van der Waals surface area contributed by atoms with E-state index in [9.17, 15) is 4.39 Å². The Morgan fingerprint density at radius 1 is 1.25 bits per heavy atom. The second kappa shape index (κ2) is 6.86. The van der Waals surface area contributed by atoms with Crippen molar-refractivity contribution in [3.8, 4) is 5.75 Å². The molecule has 0 aliphatic rings. The van der Waals surface area contributed by atoms with Crippen molar-refractivity contribution in [3.63, 3.8) is 0 Å². The third kappa shape index (κ3) is 3.38. The van der Waals surface area contributed by atoms with E-state index in [1.54, 1.807) is 19.2 Å². The summed E-state index contributed by atoms with van der Waals surface area (Å²) in [5.74, 6) is 0.552. The molecule has 2 aromatic rings. The lowest BCUT2D eigenvalue weighted by molar-refractivity contribution is 0.412. The smallest absolute Gasteiger partial charge is 0.133 e. The average Bonchev–Trinajstić information content (AvgIpc) is 2.46. The molecule has 1 atom stereocenters. The molecule has 0 aliphatic heterocycles. The van der Waals surface area contributed by atoms with Crippen molar-refractivity contribution in [2.24, 2.45) is 5.73 Å². The van der Waals surface area contributed by atoms with Crippen molar-refractivity contribution in [3.05, 3.63) is 63.9 Å². The third-order valence-electron chi connectivity index (χ3n) is 3.33. The SMILES string of the molecule is COc1ccc(CC(CN)c2ccccc2F)cc1Br. The molecule has 0 amide bonds. The maximum atomic E-state index is 13.8. The molecule has 106 valence electrons. The highest BCUT2D eigenvalue weighted by molar-refractivity contribution is 9.10. The van der Waals surface area contributed by atoms with Gasteiger partial charge in [-0.15, -0.1) is 0 Å². The van der Waals surface area contributed by atoms with E-state index in [0.717, 1.165) is 15.8 Å². The highest BCUT2D eigenvalue weighted by Crippen LogP contribution is 2.29. The van der Waals surface area contributed by atoms with E-state index >= 15 is 0 Å². The number of methoxy groups -OCH3 is 1. The lowest BCUT2D eigenvalue weighted by Gasteiger charge is -2.16. The van der Waals surface area contributed by atoms with Gasteiger partial charge in [0.1, 0.15) is 11.6 Å². The topological polar surface area (TPSA) is 35.2 Å². The van der Waals surface area contributed by atoms with Crippen molar-refractivity contribution in [2.75, 3.05) is 13.7 Å². The quantitative estimate of drug-likeness (QED) is 0.898. The first kappa shape index (κ1) is 15.0. The van der Waals surface area contributed by atoms with Crippen molar-refractivity contribution in [1.29, 1.82) is 0 Å². The summed E-state index contributed by atoms with van der Waals surface area (Å²) in [7, 11) is 1.63. The second-order valence-electron chi connectivity index (χ2n) is 4.63. The molecule has 0 bridgehead atoms. The predicted molar refractivity (Wildman–Crippen MR) is 82.6 cm³/mol. The van der Waals surface area contributed by atoms with Gasteiger partial charge in [0.25, 0.3) is 0 Å². The maximum Gasteiger partial charge on any atom is 0.133 e. The summed E-state index contributed by atoms with van der Waals surface area (Å²) >= 11 is 3.46. The molecule has 0 saturated heterocycles. The van der Waals surface area contributed by atoms with Crippen molar-refractivity contribution in [2.45, 2.75) is 12.3 Å². The zero-order valence-corrected chi connectivity index (χ0v) is 12.9. The molecule has 2 aromatic carbocycles. The highest BCUT2D eigenvalue weighted by Gasteiger charge is 2.15. The number of halogens is 2. The standard InChI is InChI=1S/C16H17BrFNO/c1-20-16-7-6-11(9-14(16)17)8-12(10-19)13-4-2-3-5-15(13)18/h2-7,9,12H,8,10,19H2,1H3. The zero-order chi connectivity index (χ0) is 14.5. The first-order valence-electron chi connectivity index (χ1n) is 6.42. The summed E-state index contributed by atoms with van der Waals surface area (Å²) in [6.45, 7) is 0.407. The minimum absolute atomic E-state index is 0.0310. The molecule has 0 aromatic heterocycles. The molecule has 0 saturated carbocycles. The van der Waals surface area contributed by atoms with Crippen molar-refractivity contribution >= 4 is 15.9 Å². The Balaban J connectivity index is 2.23. The molecule has 2 nitrogen and oxygen atoms in total. The summed E-state index contributed by atoms with van der Waals surface area (Å²) in [5.41, 5.74) is 7.57. The van der Waals surface area contributed by atoms with E-state index in [-0.39, 0.29) is 11.7 Å². The maximum absolute atomic E-state index is 13.8. The first-order valence-corrected chi connectivity index (χ1v) is 7.22. The number of nitrogens with two attached hydrogens (primary N) is 1. The van der Waals surface area contributed by atoms with E-state index in [0.29, 0.717) is 18.5 Å². The van der Waals surface area contributed by atoms with Crippen molar-refractivity contribution in [1.82, 2.24) is 0 Å². The molecular weight excluding hydrogens is 321 g/mol. The third-order valence-corrected chi connectivity index (χ3v) is 3.95. The molecule has 20 heavy (non-hydrogen) atoms. The zero-order valence-electron chi connectivity index (χ0n) is 11.3. The van der Waals surface area contributed by atoms with Gasteiger partial charge in [-0.2, -0.15) is 0 Å². The molecule has 1 unspecified atom stereocenters. The van der Waals surface area contributed by atoms with E-state index in [1.807, 2.05) is 24.3 Å². The number of hydrogen-bond donors (Lipinski definition) is 1. The summed E-state index contributed by atoms with van der Waals surface area (Å²) in [6, 6.07) is 12.7. The molecule has 0 heterocycles. The Bertz CT molecular complexity index is 588. The van der Waals surface area contributed by atoms with Gasteiger partial charge in [0.05, 0.1) is 11.6 Å². The largest absolute Gasteiger partial charge is 0.496 e. The van der Waals surface area contributed by atoms with Crippen LogP contribution in [0, 0.1) is 5.82 Å². The van der Waals surface area contributed by atoms with Crippen LogP contribution in [0.15, 0.2) is 46.9 Å². The Morgan fingerprint density at radius 3 is 2.60 bits per heavy atom. The summed E-state index contributed by atoms with van der Waals surface area (Å²) in [5, 5.41) is 0.